The van der Waals surface area contributed by atoms with Gasteiger partial charge >= 0.3 is 0 Å². The van der Waals surface area contributed by atoms with E-state index in [0.29, 0.717) is 28.8 Å². The van der Waals surface area contributed by atoms with Crippen LogP contribution in [-0.2, 0) is 16.1 Å². The van der Waals surface area contributed by atoms with Crippen LogP contribution < -0.4 is 15.0 Å². The van der Waals surface area contributed by atoms with E-state index in [1.54, 1.807) is 25.7 Å². The molecule has 0 radical (unpaired) electrons. The monoisotopic (exact) mass is 434 g/mol. The fraction of sp³-hybridized carbons (Fsp3) is 0.435. The zero-order valence-corrected chi connectivity index (χ0v) is 18.1. The van der Waals surface area contributed by atoms with E-state index in [4.69, 9.17) is 19.4 Å². The standard InChI is InChI=1S/C23H26N6O3/c1-31-13-17-19-18(12-26-22(17)32-15-30)27-20(16-2-7-24-8-3-16)28-21(19)29-10-5-23(6-11-29)4-9-25-14-23/h2-3,7-8,12,15,25H,4-6,9-11,13-14H2,1H3. The van der Waals surface area contributed by atoms with Gasteiger partial charge in [-0.25, -0.2) is 15.0 Å². The number of hydrogen-bond donors (Lipinski definition) is 1. The van der Waals surface area contributed by atoms with Gasteiger partial charge in [0.2, 0.25) is 5.88 Å². The number of nitrogens with zero attached hydrogens (tertiary/aromatic N) is 5. The summed E-state index contributed by atoms with van der Waals surface area (Å²) in [4.78, 5) is 31.6. The van der Waals surface area contributed by atoms with E-state index in [0.717, 1.165) is 55.8 Å². The first-order valence-corrected chi connectivity index (χ1v) is 10.9. The second-order valence-electron chi connectivity index (χ2n) is 8.47. The second-order valence-corrected chi connectivity index (χ2v) is 8.47. The van der Waals surface area contributed by atoms with Crippen molar-refractivity contribution in [2.75, 3.05) is 38.2 Å². The molecule has 0 atom stereocenters. The number of pyridine rings is 2. The third kappa shape index (κ3) is 3.78. The molecule has 166 valence electrons. The fourth-order valence-electron chi connectivity index (χ4n) is 4.85. The number of ether oxygens (including phenoxy) is 2. The third-order valence-electron chi connectivity index (χ3n) is 6.62. The fourth-order valence-corrected chi connectivity index (χ4v) is 4.85. The minimum absolute atomic E-state index is 0.226. The topological polar surface area (TPSA) is 102 Å². The van der Waals surface area contributed by atoms with Gasteiger partial charge in [0.1, 0.15) is 5.82 Å². The van der Waals surface area contributed by atoms with Crippen molar-refractivity contribution in [1.82, 2.24) is 25.3 Å². The molecule has 2 aliphatic heterocycles. The Morgan fingerprint density at radius 3 is 2.69 bits per heavy atom. The highest BCUT2D eigenvalue weighted by molar-refractivity contribution is 5.94. The molecule has 2 aliphatic rings. The van der Waals surface area contributed by atoms with Gasteiger partial charge < -0.3 is 19.7 Å². The number of methoxy groups -OCH3 is 1. The van der Waals surface area contributed by atoms with Gasteiger partial charge in [0, 0.05) is 44.7 Å². The lowest BCUT2D eigenvalue weighted by molar-refractivity contribution is -0.121. The maximum absolute atomic E-state index is 11.1. The lowest BCUT2D eigenvalue weighted by Gasteiger charge is -2.40. The molecule has 0 amide bonds. The molecule has 3 aromatic heterocycles. The van der Waals surface area contributed by atoms with Gasteiger partial charge in [-0.1, -0.05) is 0 Å². The molecule has 0 unspecified atom stereocenters. The number of rotatable bonds is 6. The summed E-state index contributed by atoms with van der Waals surface area (Å²) in [5.74, 6) is 1.67. The number of piperidine rings is 1. The zero-order valence-electron chi connectivity index (χ0n) is 18.1. The summed E-state index contributed by atoms with van der Waals surface area (Å²) in [5, 5.41) is 4.34. The molecule has 0 bridgehead atoms. The number of anilines is 1. The Morgan fingerprint density at radius 1 is 1.19 bits per heavy atom. The Morgan fingerprint density at radius 2 is 2.00 bits per heavy atom. The summed E-state index contributed by atoms with van der Waals surface area (Å²) in [7, 11) is 1.60. The largest absolute Gasteiger partial charge is 0.409 e. The average molecular weight is 435 g/mol. The Labute approximate surface area is 186 Å². The summed E-state index contributed by atoms with van der Waals surface area (Å²) < 4.78 is 10.6. The van der Waals surface area contributed by atoms with Crippen molar-refractivity contribution in [2.24, 2.45) is 5.41 Å². The number of fused-ring (bicyclic) bond motifs is 1. The number of carbonyl (C=O) groups is 1. The predicted octanol–water partition coefficient (Wildman–Crippen LogP) is 2.35. The smallest absolute Gasteiger partial charge is 0.299 e. The molecule has 9 heteroatoms. The van der Waals surface area contributed by atoms with Gasteiger partial charge in [-0.2, -0.15) is 0 Å². The maximum atomic E-state index is 11.1. The van der Waals surface area contributed by atoms with E-state index in [9.17, 15) is 4.79 Å². The summed E-state index contributed by atoms with van der Waals surface area (Å²) in [6.07, 6.45) is 8.54. The maximum Gasteiger partial charge on any atom is 0.299 e. The quantitative estimate of drug-likeness (QED) is 0.586. The number of hydrogen-bond acceptors (Lipinski definition) is 9. The number of aromatic nitrogens is 4. The van der Waals surface area contributed by atoms with Crippen molar-refractivity contribution in [3.8, 4) is 17.3 Å². The Balaban J connectivity index is 1.65. The van der Waals surface area contributed by atoms with Crippen LogP contribution in [0.2, 0.25) is 0 Å². The summed E-state index contributed by atoms with van der Waals surface area (Å²) in [6.45, 7) is 4.62. The minimum Gasteiger partial charge on any atom is -0.409 e. The molecular formula is C23H26N6O3. The molecule has 1 N–H and O–H groups in total. The highest BCUT2D eigenvalue weighted by atomic mass is 16.5. The van der Waals surface area contributed by atoms with Crippen molar-refractivity contribution in [3.05, 3.63) is 36.3 Å². The highest BCUT2D eigenvalue weighted by Gasteiger charge is 2.38. The molecule has 0 aromatic carbocycles. The first kappa shape index (κ1) is 20.7. The molecule has 2 saturated heterocycles. The van der Waals surface area contributed by atoms with Crippen molar-refractivity contribution in [2.45, 2.75) is 25.9 Å². The first-order valence-electron chi connectivity index (χ1n) is 10.9. The van der Waals surface area contributed by atoms with Crippen LogP contribution in [0.3, 0.4) is 0 Å². The number of carbonyl (C=O) groups excluding carboxylic acids is 1. The van der Waals surface area contributed by atoms with E-state index < -0.39 is 0 Å². The normalized spacial score (nSPS) is 17.7. The first-order chi connectivity index (χ1) is 15.7. The van der Waals surface area contributed by atoms with Gasteiger partial charge in [0.15, 0.2) is 5.82 Å². The lowest BCUT2D eigenvalue weighted by Crippen LogP contribution is -2.41. The SMILES string of the molecule is COCc1c(OC=O)ncc2nc(-c3ccncc3)nc(N3CCC4(CCNC4)CC3)c12. The van der Waals surface area contributed by atoms with Crippen molar-refractivity contribution < 1.29 is 14.3 Å². The van der Waals surface area contributed by atoms with Crippen LogP contribution in [0.1, 0.15) is 24.8 Å². The predicted molar refractivity (Wildman–Crippen MR) is 119 cm³/mol. The van der Waals surface area contributed by atoms with Crippen molar-refractivity contribution >= 4 is 23.2 Å². The molecule has 32 heavy (non-hydrogen) atoms. The van der Waals surface area contributed by atoms with Crippen molar-refractivity contribution in [3.63, 3.8) is 0 Å². The van der Waals surface area contributed by atoms with Gasteiger partial charge in [-0.3, -0.25) is 9.78 Å². The van der Waals surface area contributed by atoms with Crippen LogP contribution in [0.5, 0.6) is 5.88 Å². The molecule has 0 aliphatic carbocycles. The highest BCUT2D eigenvalue weighted by Crippen LogP contribution is 2.40. The molecule has 5 heterocycles. The molecule has 1 spiro atoms. The van der Waals surface area contributed by atoms with Crippen LogP contribution in [0.25, 0.3) is 22.3 Å². The number of nitrogens with one attached hydrogen (secondary N) is 1. The van der Waals surface area contributed by atoms with Gasteiger partial charge in [-0.15, -0.1) is 0 Å². The molecule has 3 aromatic rings. The van der Waals surface area contributed by atoms with E-state index in [2.05, 4.69) is 20.2 Å². The second kappa shape index (κ2) is 8.76. The van der Waals surface area contributed by atoms with E-state index in [1.807, 2.05) is 12.1 Å². The summed E-state index contributed by atoms with van der Waals surface area (Å²) in [5.41, 5.74) is 2.64. The third-order valence-corrected chi connectivity index (χ3v) is 6.62. The van der Waals surface area contributed by atoms with Crippen LogP contribution in [0.4, 0.5) is 5.82 Å². The zero-order chi connectivity index (χ0) is 22.0. The van der Waals surface area contributed by atoms with Gasteiger partial charge in [0.25, 0.3) is 6.47 Å². The van der Waals surface area contributed by atoms with E-state index in [1.165, 1.54) is 6.42 Å². The summed E-state index contributed by atoms with van der Waals surface area (Å²) in [6, 6.07) is 3.79. The van der Waals surface area contributed by atoms with Crippen LogP contribution >= 0.6 is 0 Å². The minimum atomic E-state index is 0.226. The molecule has 9 nitrogen and oxygen atoms in total. The van der Waals surface area contributed by atoms with Crippen LogP contribution in [0, 0.1) is 5.41 Å². The van der Waals surface area contributed by atoms with Crippen LogP contribution in [-0.4, -0.2) is 59.7 Å². The van der Waals surface area contributed by atoms with Crippen LogP contribution in [0.15, 0.2) is 30.7 Å². The molecule has 0 saturated carbocycles. The average Bonchev–Trinajstić information content (AvgIpc) is 3.29. The lowest BCUT2D eigenvalue weighted by atomic mass is 9.78. The molecular weight excluding hydrogens is 408 g/mol. The van der Waals surface area contributed by atoms with E-state index >= 15 is 0 Å². The van der Waals surface area contributed by atoms with Crippen molar-refractivity contribution in [1.29, 1.82) is 0 Å². The Kier molecular flexibility index (Phi) is 5.67. The van der Waals surface area contributed by atoms with E-state index in [-0.39, 0.29) is 12.5 Å². The Hall–Kier alpha value is -3.17. The van der Waals surface area contributed by atoms with Gasteiger partial charge in [0.05, 0.1) is 29.3 Å². The molecule has 2 fully saturated rings. The van der Waals surface area contributed by atoms with Gasteiger partial charge in [-0.05, 0) is 43.4 Å². The summed E-state index contributed by atoms with van der Waals surface area (Å²) >= 11 is 0. The Bertz CT molecular complexity index is 1110. The molecule has 5 rings (SSSR count).